The number of fused-ring (bicyclic) bond motifs is 1. The molecule has 1 amide bonds. The number of amides is 1. The van der Waals surface area contributed by atoms with Gasteiger partial charge in [0.05, 0.1) is 16.3 Å². The first-order chi connectivity index (χ1) is 7.83. The Labute approximate surface area is 95.9 Å². The van der Waals surface area contributed by atoms with Crippen LogP contribution in [0.1, 0.15) is 6.42 Å². The van der Waals surface area contributed by atoms with Crippen LogP contribution >= 0.6 is 11.3 Å². The minimum Gasteiger partial charge on any atom is -0.364 e. The smallest absolute Gasteiger partial charge is 0.222 e. The largest absolute Gasteiger partial charge is 0.364 e. The van der Waals surface area contributed by atoms with Gasteiger partial charge in [0.15, 0.2) is 0 Å². The van der Waals surface area contributed by atoms with Crippen molar-refractivity contribution in [3.8, 4) is 0 Å². The first-order valence-corrected chi connectivity index (χ1v) is 5.92. The van der Waals surface area contributed by atoms with Gasteiger partial charge in [-0.15, -0.1) is 11.3 Å². The molecule has 0 aromatic carbocycles. The molecule has 1 saturated heterocycles. The number of carbonyl (C=O) groups excluding carboxylic acids is 1. The van der Waals surface area contributed by atoms with E-state index in [4.69, 9.17) is 0 Å². The minimum atomic E-state index is 0.0916. The SMILES string of the molecule is O=C1CC(Nc2ncnc3ccsc23)CN1. The molecule has 82 valence electrons. The molecular formula is C10H10N4OS. The number of nitrogens with zero attached hydrogens (tertiary/aromatic N) is 2. The van der Waals surface area contributed by atoms with Crippen molar-refractivity contribution < 1.29 is 4.79 Å². The highest BCUT2D eigenvalue weighted by Gasteiger charge is 2.22. The maximum Gasteiger partial charge on any atom is 0.222 e. The first-order valence-electron chi connectivity index (χ1n) is 5.04. The van der Waals surface area contributed by atoms with Crippen LogP contribution in [0.15, 0.2) is 17.8 Å². The van der Waals surface area contributed by atoms with Crippen molar-refractivity contribution >= 4 is 33.3 Å². The molecule has 1 aliphatic heterocycles. The van der Waals surface area contributed by atoms with E-state index in [-0.39, 0.29) is 11.9 Å². The van der Waals surface area contributed by atoms with Gasteiger partial charge in [0.25, 0.3) is 0 Å². The molecule has 16 heavy (non-hydrogen) atoms. The summed E-state index contributed by atoms with van der Waals surface area (Å²) in [4.78, 5) is 19.5. The van der Waals surface area contributed by atoms with E-state index in [2.05, 4.69) is 20.6 Å². The number of carbonyl (C=O) groups is 1. The van der Waals surface area contributed by atoms with E-state index in [1.165, 1.54) is 0 Å². The highest BCUT2D eigenvalue weighted by Crippen LogP contribution is 2.25. The van der Waals surface area contributed by atoms with Gasteiger partial charge in [-0.05, 0) is 11.4 Å². The molecule has 1 aliphatic rings. The number of anilines is 1. The van der Waals surface area contributed by atoms with Crippen molar-refractivity contribution in [3.63, 3.8) is 0 Å². The Balaban J connectivity index is 1.88. The average Bonchev–Trinajstić information content (AvgIpc) is 2.87. The third kappa shape index (κ3) is 1.61. The molecule has 3 heterocycles. The van der Waals surface area contributed by atoms with Gasteiger partial charge >= 0.3 is 0 Å². The number of hydrogen-bond acceptors (Lipinski definition) is 5. The molecule has 0 saturated carbocycles. The van der Waals surface area contributed by atoms with Gasteiger partial charge in [0.1, 0.15) is 12.1 Å². The second-order valence-electron chi connectivity index (χ2n) is 3.71. The van der Waals surface area contributed by atoms with Crippen LogP contribution in [0.5, 0.6) is 0 Å². The summed E-state index contributed by atoms with van der Waals surface area (Å²) in [6.07, 6.45) is 2.05. The molecule has 0 aliphatic carbocycles. The fourth-order valence-corrected chi connectivity index (χ4v) is 2.59. The maximum atomic E-state index is 11.1. The van der Waals surface area contributed by atoms with Crippen molar-refractivity contribution in [3.05, 3.63) is 17.8 Å². The molecule has 2 aromatic heterocycles. The Bertz CT molecular complexity index is 538. The van der Waals surface area contributed by atoms with Gasteiger partial charge in [-0.2, -0.15) is 0 Å². The number of nitrogens with one attached hydrogen (secondary N) is 2. The molecule has 0 radical (unpaired) electrons. The van der Waals surface area contributed by atoms with Crippen molar-refractivity contribution in [2.75, 3.05) is 11.9 Å². The molecule has 1 fully saturated rings. The van der Waals surface area contributed by atoms with Crippen LogP contribution in [0.2, 0.25) is 0 Å². The van der Waals surface area contributed by atoms with Gasteiger partial charge in [0, 0.05) is 13.0 Å². The first kappa shape index (κ1) is 9.53. The lowest BCUT2D eigenvalue weighted by molar-refractivity contribution is -0.119. The van der Waals surface area contributed by atoms with E-state index in [1.807, 2.05) is 11.4 Å². The Kier molecular flexibility index (Phi) is 2.21. The van der Waals surface area contributed by atoms with Crippen LogP contribution < -0.4 is 10.6 Å². The third-order valence-corrected chi connectivity index (χ3v) is 3.47. The molecule has 0 spiro atoms. The van der Waals surface area contributed by atoms with E-state index >= 15 is 0 Å². The Morgan fingerprint density at radius 2 is 2.44 bits per heavy atom. The second-order valence-corrected chi connectivity index (χ2v) is 4.62. The Morgan fingerprint density at radius 3 is 3.25 bits per heavy atom. The fourth-order valence-electron chi connectivity index (χ4n) is 1.79. The predicted molar refractivity (Wildman–Crippen MR) is 62.5 cm³/mol. The zero-order valence-electron chi connectivity index (χ0n) is 8.43. The summed E-state index contributed by atoms with van der Waals surface area (Å²) in [5.41, 5.74) is 0.944. The zero-order chi connectivity index (χ0) is 11.0. The van der Waals surface area contributed by atoms with Gasteiger partial charge < -0.3 is 10.6 Å². The molecule has 1 unspecified atom stereocenters. The average molecular weight is 234 g/mol. The molecule has 2 aromatic rings. The van der Waals surface area contributed by atoms with Crippen LogP contribution in [0.4, 0.5) is 5.82 Å². The summed E-state index contributed by atoms with van der Waals surface area (Å²) in [5.74, 6) is 0.912. The number of hydrogen-bond donors (Lipinski definition) is 2. The van der Waals surface area contributed by atoms with E-state index < -0.39 is 0 Å². The Hall–Kier alpha value is -1.69. The van der Waals surface area contributed by atoms with Crippen LogP contribution in [0.3, 0.4) is 0 Å². The topological polar surface area (TPSA) is 66.9 Å². The molecule has 5 nitrogen and oxygen atoms in total. The fraction of sp³-hybridized carbons (Fsp3) is 0.300. The summed E-state index contributed by atoms with van der Waals surface area (Å²) in [6.45, 7) is 0.662. The van der Waals surface area contributed by atoms with Gasteiger partial charge in [-0.1, -0.05) is 0 Å². The Morgan fingerprint density at radius 1 is 1.50 bits per heavy atom. The van der Waals surface area contributed by atoms with Crippen molar-refractivity contribution in [2.24, 2.45) is 0 Å². The summed E-state index contributed by atoms with van der Waals surface area (Å²) in [6, 6.07) is 2.10. The third-order valence-electron chi connectivity index (χ3n) is 2.56. The van der Waals surface area contributed by atoms with E-state index in [1.54, 1.807) is 17.7 Å². The van der Waals surface area contributed by atoms with Crippen molar-refractivity contribution in [1.29, 1.82) is 0 Å². The van der Waals surface area contributed by atoms with Crippen LogP contribution in [0.25, 0.3) is 10.2 Å². The lowest BCUT2D eigenvalue weighted by atomic mass is 10.2. The highest BCUT2D eigenvalue weighted by molar-refractivity contribution is 7.17. The molecule has 2 N–H and O–H groups in total. The van der Waals surface area contributed by atoms with E-state index in [9.17, 15) is 4.79 Å². The van der Waals surface area contributed by atoms with E-state index in [0.29, 0.717) is 13.0 Å². The highest BCUT2D eigenvalue weighted by atomic mass is 32.1. The second kappa shape index (κ2) is 3.71. The number of rotatable bonds is 2. The van der Waals surface area contributed by atoms with E-state index in [0.717, 1.165) is 16.0 Å². The van der Waals surface area contributed by atoms with Crippen molar-refractivity contribution in [2.45, 2.75) is 12.5 Å². The van der Waals surface area contributed by atoms with Gasteiger partial charge in [-0.3, -0.25) is 4.79 Å². The number of thiophene rings is 1. The maximum absolute atomic E-state index is 11.1. The molecule has 0 bridgehead atoms. The minimum absolute atomic E-state index is 0.0916. The lowest BCUT2D eigenvalue weighted by Gasteiger charge is -2.10. The summed E-state index contributed by atoms with van der Waals surface area (Å²) < 4.78 is 1.04. The van der Waals surface area contributed by atoms with Crippen LogP contribution in [0, 0.1) is 0 Å². The zero-order valence-corrected chi connectivity index (χ0v) is 9.25. The van der Waals surface area contributed by atoms with Crippen LogP contribution in [-0.2, 0) is 4.79 Å². The molecule has 6 heteroatoms. The summed E-state index contributed by atoms with van der Waals surface area (Å²) in [5, 5.41) is 8.06. The summed E-state index contributed by atoms with van der Waals surface area (Å²) >= 11 is 1.61. The quantitative estimate of drug-likeness (QED) is 0.813. The normalized spacial score (nSPS) is 20.0. The monoisotopic (exact) mass is 234 g/mol. The van der Waals surface area contributed by atoms with Gasteiger partial charge in [-0.25, -0.2) is 9.97 Å². The summed E-state index contributed by atoms with van der Waals surface area (Å²) in [7, 11) is 0. The molecular weight excluding hydrogens is 224 g/mol. The number of aromatic nitrogens is 2. The van der Waals surface area contributed by atoms with Crippen LogP contribution in [-0.4, -0.2) is 28.5 Å². The van der Waals surface area contributed by atoms with Gasteiger partial charge in [0.2, 0.25) is 5.91 Å². The standard InChI is InChI=1S/C10H10N4OS/c15-8-3-6(4-11-8)14-10-9-7(1-2-16-9)12-5-13-10/h1-2,5-6H,3-4H2,(H,11,15)(H,12,13,14). The lowest BCUT2D eigenvalue weighted by Crippen LogP contribution is -2.22. The molecule has 3 rings (SSSR count). The molecule has 1 atom stereocenters. The predicted octanol–water partition coefficient (Wildman–Crippen LogP) is 0.992. The van der Waals surface area contributed by atoms with Crippen molar-refractivity contribution in [1.82, 2.24) is 15.3 Å².